The Morgan fingerprint density at radius 1 is 1.43 bits per heavy atom. The highest BCUT2D eigenvalue weighted by Crippen LogP contribution is 2.27. The van der Waals surface area contributed by atoms with Crippen molar-refractivity contribution >= 4 is 27.3 Å². The molecule has 21 heavy (non-hydrogen) atoms. The molecule has 0 amide bonds. The minimum absolute atomic E-state index is 0.0988. The second-order valence-electron chi connectivity index (χ2n) is 4.19. The van der Waals surface area contributed by atoms with Gasteiger partial charge in [-0.3, -0.25) is 0 Å². The minimum atomic E-state index is -4.33. The van der Waals surface area contributed by atoms with Gasteiger partial charge in [0.25, 0.3) is 0 Å². The van der Waals surface area contributed by atoms with Gasteiger partial charge in [0.15, 0.2) is 0 Å². The molecule has 0 spiro atoms. The Balaban J connectivity index is 2.84. The van der Waals surface area contributed by atoms with Gasteiger partial charge in [0.2, 0.25) is 10.0 Å². The summed E-state index contributed by atoms with van der Waals surface area (Å²) >= 11 is 0.905. The number of carbonyl (C=O) groups is 1. The number of methoxy groups -OCH3 is 1. The van der Waals surface area contributed by atoms with Gasteiger partial charge in [-0.15, -0.1) is 11.3 Å². The van der Waals surface area contributed by atoms with Crippen LogP contribution in [0.15, 0.2) is 10.3 Å². The Morgan fingerprint density at radius 3 is 2.57 bits per heavy atom. The quantitative estimate of drug-likeness (QED) is 0.635. The van der Waals surface area contributed by atoms with E-state index in [9.17, 15) is 26.4 Å². The predicted molar refractivity (Wildman–Crippen MR) is 70.9 cm³/mol. The molecule has 0 unspecified atom stereocenters. The Kier molecular flexibility index (Phi) is 5.76. The number of aryl methyl sites for hydroxylation is 1. The molecular weight excluding hydrogens is 331 g/mol. The summed E-state index contributed by atoms with van der Waals surface area (Å²) in [5, 5.41) is 1.47. The number of hydrogen-bond acceptors (Lipinski definition) is 5. The average Bonchev–Trinajstić information content (AvgIpc) is 2.75. The number of ether oxygens (including phenoxy) is 1. The van der Waals surface area contributed by atoms with Crippen LogP contribution in [0, 0.1) is 6.92 Å². The van der Waals surface area contributed by atoms with Crippen LogP contribution in [0.1, 0.15) is 28.1 Å². The lowest BCUT2D eigenvalue weighted by molar-refractivity contribution is -0.135. The SMILES string of the molecule is COC(=O)c1scc(C)c1S(=O)(=O)NCCCC(F)(F)F. The number of esters is 1. The van der Waals surface area contributed by atoms with E-state index in [1.54, 1.807) is 0 Å². The molecule has 1 N–H and O–H groups in total. The number of halogens is 3. The van der Waals surface area contributed by atoms with Crippen molar-refractivity contribution in [2.24, 2.45) is 0 Å². The van der Waals surface area contributed by atoms with Gasteiger partial charge in [0.1, 0.15) is 9.77 Å². The van der Waals surface area contributed by atoms with E-state index in [0.29, 0.717) is 5.56 Å². The standard InChI is InChI=1S/C11H14F3NO4S2/c1-7-6-20-8(10(16)19-2)9(7)21(17,18)15-5-3-4-11(12,13)14/h6,15H,3-5H2,1-2H3. The molecule has 1 heterocycles. The van der Waals surface area contributed by atoms with Crippen LogP contribution in [-0.2, 0) is 14.8 Å². The second kappa shape index (κ2) is 6.75. The average molecular weight is 345 g/mol. The van der Waals surface area contributed by atoms with Crippen LogP contribution >= 0.6 is 11.3 Å². The molecule has 1 aromatic heterocycles. The van der Waals surface area contributed by atoms with Gasteiger partial charge in [-0.2, -0.15) is 13.2 Å². The molecule has 0 saturated heterocycles. The first-order chi connectivity index (χ1) is 9.58. The molecule has 1 aromatic rings. The molecule has 0 bridgehead atoms. The van der Waals surface area contributed by atoms with Gasteiger partial charge in [-0.1, -0.05) is 0 Å². The maximum Gasteiger partial charge on any atom is 0.389 e. The lowest BCUT2D eigenvalue weighted by Gasteiger charge is -2.09. The lowest BCUT2D eigenvalue weighted by atomic mass is 10.3. The third kappa shape index (κ3) is 4.97. The fraction of sp³-hybridized carbons (Fsp3) is 0.545. The van der Waals surface area contributed by atoms with Crippen molar-refractivity contribution in [1.82, 2.24) is 4.72 Å². The summed E-state index contributed by atoms with van der Waals surface area (Å²) in [7, 11) is -2.94. The topological polar surface area (TPSA) is 72.5 Å². The molecule has 10 heteroatoms. The van der Waals surface area contributed by atoms with Gasteiger partial charge in [0, 0.05) is 13.0 Å². The molecule has 0 atom stereocenters. The Hall–Kier alpha value is -1.13. The molecule has 0 saturated carbocycles. The van der Waals surface area contributed by atoms with Crippen LogP contribution in [0.4, 0.5) is 13.2 Å². The predicted octanol–water partition coefficient (Wildman–Crippen LogP) is 2.46. The first-order valence-electron chi connectivity index (χ1n) is 5.81. The maximum absolute atomic E-state index is 12.1. The van der Waals surface area contributed by atoms with Crippen molar-refractivity contribution in [3.8, 4) is 0 Å². The summed E-state index contributed by atoms with van der Waals surface area (Å²) in [6, 6.07) is 0. The monoisotopic (exact) mass is 345 g/mol. The Bertz CT molecular complexity index is 607. The number of sulfonamides is 1. The molecule has 1 rings (SSSR count). The van der Waals surface area contributed by atoms with E-state index in [1.165, 1.54) is 12.3 Å². The fourth-order valence-electron chi connectivity index (χ4n) is 1.57. The first-order valence-corrected chi connectivity index (χ1v) is 8.17. The molecule has 0 aliphatic rings. The minimum Gasteiger partial charge on any atom is -0.465 e. The fourth-order valence-corrected chi connectivity index (χ4v) is 4.34. The summed E-state index contributed by atoms with van der Waals surface area (Å²) < 4.78 is 66.7. The Morgan fingerprint density at radius 2 is 2.05 bits per heavy atom. The van der Waals surface area contributed by atoms with E-state index in [4.69, 9.17) is 0 Å². The Labute approximate surface area is 124 Å². The van der Waals surface area contributed by atoms with E-state index in [1.807, 2.05) is 0 Å². The summed E-state index contributed by atoms with van der Waals surface area (Å²) in [5.41, 5.74) is 0.337. The van der Waals surface area contributed by atoms with Gasteiger partial charge < -0.3 is 4.74 Å². The van der Waals surface area contributed by atoms with Crippen LogP contribution in [0.5, 0.6) is 0 Å². The summed E-state index contributed by atoms with van der Waals surface area (Å²) in [4.78, 5) is 11.2. The number of nitrogens with one attached hydrogen (secondary N) is 1. The zero-order valence-corrected chi connectivity index (χ0v) is 12.9. The van der Waals surface area contributed by atoms with Crippen LogP contribution in [0.2, 0.25) is 0 Å². The van der Waals surface area contributed by atoms with E-state index in [2.05, 4.69) is 9.46 Å². The van der Waals surface area contributed by atoms with Gasteiger partial charge >= 0.3 is 12.1 Å². The van der Waals surface area contributed by atoms with Crippen molar-refractivity contribution in [3.05, 3.63) is 15.8 Å². The van der Waals surface area contributed by atoms with Crippen LogP contribution < -0.4 is 4.72 Å². The van der Waals surface area contributed by atoms with Gasteiger partial charge in [-0.05, 0) is 24.3 Å². The lowest BCUT2D eigenvalue weighted by Crippen LogP contribution is -2.27. The van der Waals surface area contributed by atoms with Crippen molar-refractivity contribution in [2.75, 3.05) is 13.7 Å². The molecule has 0 radical (unpaired) electrons. The van der Waals surface area contributed by atoms with Gasteiger partial charge in [-0.25, -0.2) is 17.9 Å². The summed E-state index contributed by atoms with van der Waals surface area (Å²) in [5.74, 6) is -0.802. The highest BCUT2D eigenvalue weighted by atomic mass is 32.2. The van der Waals surface area contributed by atoms with E-state index < -0.39 is 28.6 Å². The molecular formula is C11H14F3NO4S2. The maximum atomic E-state index is 12.1. The number of alkyl halides is 3. The van der Waals surface area contributed by atoms with Crippen molar-refractivity contribution < 1.29 is 31.1 Å². The molecule has 5 nitrogen and oxygen atoms in total. The smallest absolute Gasteiger partial charge is 0.389 e. The first kappa shape index (κ1) is 17.9. The highest BCUT2D eigenvalue weighted by molar-refractivity contribution is 7.89. The number of thiophene rings is 1. The van der Waals surface area contributed by atoms with Crippen molar-refractivity contribution in [2.45, 2.75) is 30.8 Å². The van der Waals surface area contributed by atoms with E-state index in [0.717, 1.165) is 18.4 Å². The zero-order chi connectivity index (χ0) is 16.3. The molecule has 0 fully saturated rings. The van der Waals surface area contributed by atoms with Crippen LogP contribution in [-0.4, -0.2) is 34.2 Å². The molecule has 0 aliphatic carbocycles. The number of hydrogen-bond donors (Lipinski definition) is 1. The van der Waals surface area contributed by atoms with E-state index in [-0.39, 0.29) is 22.7 Å². The van der Waals surface area contributed by atoms with Crippen LogP contribution in [0.25, 0.3) is 0 Å². The third-order valence-corrected chi connectivity index (χ3v) is 5.34. The highest BCUT2D eigenvalue weighted by Gasteiger charge is 2.29. The normalized spacial score (nSPS) is 12.4. The van der Waals surface area contributed by atoms with Crippen molar-refractivity contribution in [3.63, 3.8) is 0 Å². The number of carbonyl (C=O) groups excluding carboxylic acids is 1. The molecule has 120 valence electrons. The summed E-state index contributed by atoms with van der Waals surface area (Å²) in [6.07, 6.45) is -5.79. The molecule has 0 aliphatic heterocycles. The second-order valence-corrected chi connectivity index (χ2v) is 6.77. The van der Waals surface area contributed by atoms with Crippen LogP contribution in [0.3, 0.4) is 0 Å². The van der Waals surface area contributed by atoms with Crippen molar-refractivity contribution in [1.29, 1.82) is 0 Å². The van der Waals surface area contributed by atoms with E-state index >= 15 is 0 Å². The van der Waals surface area contributed by atoms with Gasteiger partial charge in [0.05, 0.1) is 7.11 Å². The number of rotatable bonds is 6. The molecule has 0 aromatic carbocycles. The summed E-state index contributed by atoms with van der Waals surface area (Å²) in [6.45, 7) is 1.13. The largest absolute Gasteiger partial charge is 0.465 e. The third-order valence-electron chi connectivity index (χ3n) is 2.49. The zero-order valence-electron chi connectivity index (χ0n) is 11.3.